The van der Waals surface area contributed by atoms with E-state index in [0.29, 0.717) is 34.3 Å². The molecule has 1 saturated carbocycles. The average molecular weight is 422 g/mol. The molecule has 2 amide bonds. The van der Waals surface area contributed by atoms with Gasteiger partial charge in [-0.15, -0.1) is 0 Å². The highest BCUT2D eigenvalue weighted by Crippen LogP contribution is 2.25. The van der Waals surface area contributed by atoms with Gasteiger partial charge in [-0.25, -0.2) is 0 Å². The molecule has 1 aromatic heterocycles. The first kappa shape index (κ1) is 20.4. The van der Waals surface area contributed by atoms with E-state index in [0.717, 1.165) is 23.6 Å². The van der Waals surface area contributed by atoms with Crippen molar-refractivity contribution in [1.82, 2.24) is 10.3 Å². The van der Waals surface area contributed by atoms with Crippen molar-refractivity contribution in [2.24, 2.45) is 5.92 Å². The predicted molar refractivity (Wildman–Crippen MR) is 120 cm³/mol. The lowest BCUT2D eigenvalue weighted by Crippen LogP contribution is -2.31. The maximum absolute atomic E-state index is 13.0. The van der Waals surface area contributed by atoms with Crippen molar-refractivity contribution in [1.29, 1.82) is 0 Å². The van der Waals surface area contributed by atoms with Crippen molar-refractivity contribution < 1.29 is 9.59 Å². The van der Waals surface area contributed by atoms with E-state index in [-0.39, 0.29) is 11.8 Å². The van der Waals surface area contributed by atoms with Crippen molar-refractivity contribution >= 4 is 39.9 Å². The van der Waals surface area contributed by atoms with Crippen molar-refractivity contribution in [2.75, 3.05) is 11.9 Å². The molecule has 0 aliphatic heterocycles. The monoisotopic (exact) mass is 421 g/mol. The van der Waals surface area contributed by atoms with Gasteiger partial charge in [0.2, 0.25) is 0 Å². The molecule has 1 fully saturated rings. The zero-order valence-electron chi connectivity index (χ0n) is 16.7. The number of benzene rings is 2. The maximum Gasteiger partial charge on any atom is 0.256 e. The number of carbonyl (C=O) groups excluding carboxylic acids is 2. The van der Waals surface area contributed by atoms with Crippen LogP contribution in [0.25, 0.3) is 10.8 Å². The quantitative estimate of drug-likeness (QED) is 0.575. The van der Waals surface area contributed by atoms with E-state index in [1.807, 2.05) is 18.2 Å². The summed E-state index contributed by atoms with van der Waals surface area (Å²) in [5, 5.41) is 8.05. The minimum atomic E-state index is -0.282. The summed E-state index contributed by atoms with van der Waals surface area (Å²) in [6.07, 6.45) is 9.40. The molecule has 0 spiro atoms. The number of amides is 2. The molecule has 0 radical (unpaired) electrons. The standard InChI is InChI=1S/C24H24ClN3O2/c25-18-9-10-22(21(13-18)23(29)27-14-16-5-2-1-3-6-16)28-24(30)20-8-4-7-17-15-26-12-11-19(17)20/h4,7-13,15-16H,1-3,5-6,14H2,(H,27,29)(H,28,30). The number of rotatable bonds is 5. The van der Waals surface area contributed by atoms with Gasteiger partial charge in [-0.1, -0.05) is 43.0 Å². The Morgan fingerprint density at radius 1 is 1.00 bits per heavy atom. The summed E-state index contributed by atoms with van der Waals surface area (Å²) >= 11 is 6.14. The number of aromatic nitrogens is 1. The number of fused-ring (bicyclic) bond motifs is 1. The molecule has 2 N–H and O–H groups in total. The number of pyridine rings is 1. The summed E-state index contributed by atoms with van der Waals surface area (Å²) in [5.41, 5.74) is 1.34. The number of nitrogens with zero attached hydrogens (tertiary/aromatic N) is 1. The third-order valence-corrected chi connectivity index (χ3v) is 5.91. The summed E-state index contributed by atoms with van der Waals surface area (Å²) in [6.45, 7) is 0.648. The minimum Gasteiger partial charge on any atom is -0.352 e. The normalized spacial score (nSPS) is 14.4. The Morgan fingerprint density at radius 3 is 2.67 bits per heavy atom. The summed E-state index contributed by atoms with van der Waals surface area (Å²) < 4.78 is 0. The first-order valence-electron chi connectivity index (χ1n) is 10.3. The van der Waals surface area contributed by atoms with E-state index >= 15 is 0 Å². The van der Waals surface area contributed by atoms with Gasteiger partial charge < -0.3 is 10.6 Å². The number of hydrogen-bond donors (Lipinski definition) is 2. The number of nitrogens with one attached hydrogen (secondary N) is 2. The van der Waals surface area contributed by atoms with Gasteiger partial charge in [-0.3, -0.25) is 14.6 Å². The van der Waals surface area contributed by atoms with Crippen LogP contribution in [0.15, 0.2) is 54.9 Å². The second-order valence-electron chi connectivity index (χ2n) is 7.76. The lowest BCUT2D eigenvalue weighted by atomic mass is 9.89. The van der Waals surface area contributed by atoms with E-state index in [9.17, 15) is 9.59 Å². The third-order valence-electron chi connectivity index (χ3n) is 5.68. The Balaban J connectivity index is 1.54. The highest BCUT2D eigenvalue weighted by molar-refractivity contribution is 6.31. The molecule has 5 nitrogen and oxygen atoms in total. The van der Waals surface area contributed by atoms with Crippen molar-refractivity contribution in [3.8, 4) is 0 Å². The predicted octanol–water partition coefficient (Wildman–Crippen LogP) is 5.45. The Hall–Kier alpha value is -2.92. The van der Waals surface area contributed by atoms with E-state index < -0.39 is 0 Å². The molecule has 1 aliphatic rings. The first-order chi connectivity index (χ1) is 14.6. The van der Waals surface area contributed by atoms with Crippen molar-refractivity contribution in [3.05, 3.63) is 71.0 Å². The number of halogens is 1. The van der Waals surface area contributed by atoms with Gasteiger partial charge in [-0.05, 0) is 54.5 Å². The lowest BCUT2D eigenvalue weighted by Gasteiger charge is -2.22. The Labute approximate surface area is 180 Å². The number of anilines is 1. The second-order valence-corrected chi connectivity index (χ2v) is 8.20. The fraction of sp³-hybridized carbons (Fsp3) is 0.292. The molecule has 154 valence electrons. The van der Waals surface area contributed by atoms with Crippen LogP contribution in [-0.4, -0.2) is 23.3 Å². The number of hydrogen-bond acceptors (Lipinski definition) is 3. The highest BCUT2D eigenvalue weighted by atomic mass is 35.5. The van der Waals surface area contributed by atoms with Crippen LogP contribution in [0.1, 0.15) is 52.8 Å². The molecular formula is C24H24ClN3O2. The van der Waals surface area contributed by atoms with Crippen LogP contribution in [0.4, 0.5) is 5.69 Å². The summed E-state index contributed by atoms with van der Waals surface area (Å²) in [6, 6.07) is 12.2. The van der Waals surface area contributed by atoms with Crippen LogP contribution in [0.2, 0.25) is 5.02 Å². The zero-order valence-corrected chi connectivity index (χ0v) is 17.4. The molecule has 0 bridgehead atoms. The average Bonchev–Trinajstić information content (AvgIpc) is 2.79. The topological polar surface area (TPSA) is 71.1 Å². The van der Waals surface area contributed by atoms with Crippen LogP contribution in [0, 0.1) is 5.92 Å². The van der Waals surface area contributed by atoms with Gasteiger partial charge in [0.15, 0.2) is 0 Å². The van der Waals surface area contributed by atoms with E-state index in [1.165, 1.54) is 19.3 Å². The molecule has 4 rings (SSSR count). The molecule has 6 heteroatoms. The first-order valence-corrected chi connectivity index (χ1v) is 10.7. The SMILES string of the molecule is O=C(NCC1CCCCC1)c1cc(Cl)ccc1NC(=O)c1cccc2cnccc12. The molecule has 1 heterocycles. The zero-order chi connectivity index (χ0) is 20.9. The Kier molecular flexibility index (Phi) is 6.29. The van der Waals surface area contributed by atoms with Crippen LogP contribution < -0.4 is 10.6 Å². The van der Waals surface area contributed by atoms with E-state index in [4.69, 9.17) is 11.6 Å². The van der Waals surface area contributed by atoms with Gasteiger partial charge in [0, 0.05) is 34.9 Å². The van der Waals surface area contributed by atoms with Crippen LogP contribution in [0.3, 0.4) is 0 Å². The second kappa shape index (κ2) is 9.26. The van der Waals surface area contributed by atoms with Gasteiger partial charge >= 0.3 is 0 Å². The Morgan fingerprint density at radius 2 is 1.83 bits per heavy atom. The fourth-order valence-electron chi connectivity index (χ4n) is 4.05. The molecule has 2 aromatic carbocycles. The summed E-state index contributed by atoms with van der Waals surface area (Å²) in [7, 11) is 0. The molecule has 0 saturated heterocycles. The van der Waals surface area contributed by atoms with Crippen LogP contribution in [0.5, 0.6) is 0 Å². The van der Waals surface area contributed by atoms with Crippen LogP contribution in [-0.2, 0) is 0 Å². The summed E-state index contributed by atoms with van der Waals surface area (Å²) in [5.74, 6) is 0.0140. The lowest BCUT2D eigenvalue weighted by molar-refractivity contribution is 0.0944. The van der Waals surface area contributed by atoms with Gasteiger partial charge in [0.25, 0.3) is 11.8 Å². The maximum atomic E-state index is 13.0. The van der Waals surface area contributed by atoms with Crippen molar-refractivity contribution in [3.63, 3.8) is 0 Å². The molecule has 0 atom stereocenters. The van der Waals surface area contributed by atoms with E-state index in [1.54, 1.807) is 36.7 Å². The van der Waals surface area contributed by atoms with Crippen molar-refractivity contribution in [2.45, 2.75) is 32.1 Å². The third kappa shape index (κ3) is 4.62. The molecular weight excluding hydrogens is 398 g/mol. The fourth-order valence-corrected chi connectivity index (χ4v) is 4.22. The summed E-state index contributed by atoms with van der Waals surface area (Å²) in [4.78, 5) is 30.0. The highest BCUT2D eigenvalue weighted by Gasteiger charge is 2.19. The minimum absolute atomic E-state index is 0.222. The molecule has 1 aliphatic carbocycles. The molecule has 3 aromatic rings. The van der Waals surface area contributed by atoms with Crippen LogP contribution >= 0.6 is 11.6 Å². The smallest absolute Gasteiger partial charge is 0.256 e. The van der Waals surface area contributed by atoms with Gasteiger partial charge in [-0.2, -0.15) is 0 Å². The molecule has 30 heavy (non-hydrogen) atoms. The van der Waals surface area contributed by atoms with E-state index in [2.05, 4.69) is 15.6 Å². The van der Waals surface area contributed by atoms with Gasteiger partial charge in [0.05, 0.1) is 11.3 Å². The number of carbonyl (C=O) groups is 2. The van der Waals surface area contributed by atoms with Gasteiger partial charge in [0.1, 0.15) is 0 Å². The Bertz CT molecular complexity index is 1070. The largest absolute Gasteiger partial charge is 0.352 e. The molecule has 0 unspecified atom stereocenters.